The molecule has 0 aliphatic carbocycles. The Kier molecular flexibility index (Phi) is 3.13. The monoisotopic (exact) mass is 264 g/mol. The maximum atomic E-state index is 9.32. The second-order valence-corrected chi connectivity index (χ2v) is 5.13. The number of nitrogens with zero attached hydrogens (tertiary/aromatic N) is 2. The standard InChI is InChI=1S/C16H16N4/c1-10-4-2-3-5-11(10)6-14-15-12(8-19-14)9-20-16(18)13(15)7-17/h2-5,9,14,19H,6,8H2,1H3,(H2,18,20). The second kappa shape index (κ2) is 4.95. The van der Waals surface area contributed by atoms with E-state index in [2.05, 4.69) is 35.4 Å². The average molecular weight is 264 g/mol. The summed E-state index contributed by atoms with van der Waals surface area (Å²) in [5.74, 6) is 0.324. The molecule has 1 aromatic heterocycles. The number of hydrogen-bond donors (Lipinski definition) is 2. The van der Waals surface area contributed by atoms with Crippen molar-refractivity contribution in [2.24, 2.45) is 0 Å². The molecule has 0 saturated carbocycles. The van der Waals surface area contributed by atoms with E-state index in [1.54, 1.807) is 6.20 Å². The number of aromatic nitrogens is 1. The van der Waals surface area contributed by atoms with Gasteiger partial charge in [0.25, 0.3) is 0 Å². The topological polar surface area (TPSA) is 74.7 Å². The van der Waals surface area contributed by atoms with Crippen molar-refractivity contribution < 1.29 is 0 Å². The molecule has 0 saturated heterocycles. The summed E-state index contributed by atoms with van der Waals surface area (Å²) in [6.07, 6.45) is 2.63. The smallest absolute Gasteiger partial charge is 0.141 e. The van der Waals surface area contributed by atoms with Crippen LogP contribution < -0.4 is 11.1 Å². The van der Waals surface area contributed by atoms with Gasteiger partial charge < -0.3 is 11.1 Å². The first-order valence-electron chi connectivity index (χ1n) is 6.66. The van der Waals surface area contributed by atoms with Gasteiger partial charge in [-0.3, -0.25) is 0 Å². The molecule has 1 aliphatic heterocycles. The van der Waals surface area contributed by atoms with Crippen molar-refractivity contribution in [1.29, 1.82) is 5.26 Å². The highest BCUT2D eigenvalue weighted by atomic mass is 15.0. The van der Waals surface area contributed by atoms with Crippen molar-refractivity contribution in [2.75, 3.05) is 5.73 Å². The fourth-order valence-electron chi connectivity index (χ4n) is 2.80. The lowest BCUT2D eigenvalue weighted by Crippen LogP contribution is -2.16. The first-order chi connectivity index (χ1) is 9.70. The summed E-state index contributed by atoms with van der Waals surface area (Å²) in [5, 5.41) is 12.8. The van der Waals surface area contributed by atoms with Crippen LogP contribution in [0.5, 0.6) is 0 Å². The Labute approximate surface area is 118 Å². The third kappa shape index (κ3) is 2.02. The quantitative estimate of drug-likeness (QED) is 0.872. The molecule has 4 nitrogen and oxygen atoms in total. The molecule has 1 atom stereocenters. The highest BCUT2D eigenvalue weighted by Crippen LogP contribution is 2.33. The fraction of sp³-hybridized carbons (Fsp3) is 0.250. The van der Waals surface area contributed by atoms with E-state index in [9.17, 15) is 5.26 Å². The Balaban J connectivity index is 2.00. The van der Waals surface area contributed by atoms with Gasteiger partial charge in [0.2, 0.25) is 0 Å². The van der Waals surface area contributed by atoms with Gasteiger partial charge in [-0.1, -0.05) is 24.3 Å². The molecular weight excluding hydrogens is 248 g/mol. The number of rotatable bonds is 2. The molecule has 1 unspecified atom stereocenters. The van der Waals surface area contributed by atoms with Crippen molar-refractivity contribution >= 4 is 5.82 Å². The van der Waals surface area contributed by atoms with E-state index in [0.717, 1.165) is 24.1 Å². The lowest BCUT2D eigenvalue weighted by Gasteiger charge is -2.15. The van der Waals surface area contributed by atoms with Gasteiger partial charge in [0.15, 0.2) is 0 Å². The molecule has 2 aromatic rings. The number of aryl methyl sites for hydroxylation is 1. The first-order valence-corrected chi connectivity index (χ1v) is 6.66. The van der Waals surface area contributed by atoms with E-state index in [0.29, 0.717) is 11.4 Å². The molecule has 0 amide bonds. The predicted octanol–water partition coefficient (Wildman–Crippen LogP) is 2.23. The third-order valence-corrected chi connectivity index (χ3v) is 3.92. The van der Waals surface area contributed by atoms with E-state index >= 15 is 0 Å². The van der Waals surface area contributed by atoms with Crippen LogP contribution in [0.25, 0.3) is 0 Å². The molecule has 3 rings (SSSR count). The van der Waals surface area contributed by atoms with Crippen LogP contribution in [0.3, 0.4) is 0 Å². The highest BCUT2D eigenvalue weighted by Gasteiger charge is 2.27. The van der Waals surface area contributed by atoms with E-state index in [1.807, 2.05) is 12.1 Å². The summed E-state index contributed by atoms with van der Waals surface area (Å²) in [6, 6.07) is 10.7. The van der Waals surface area contributed by atoms with Crippen LogP contribution in [0.1, 0.15) is 33.9 Å². The van der Waals surface area contributed by atoms with E-state index in [1.165, 1.54) is 11.1 Å². The Morgan fingerprint density at radius 2 is 2.25 bits per heavy atom. The van der Waals surface area contributed by atoms with Crippen LogP contribution in [0, 0.1) is 18.3 Å². The summed E-state index contributed by atoms with van der Waals surface area (Å²) < 4.78 is 0. The normalized spacial score (nSPS) is 16.7. The van der Waals surface area contributed by atoms with Gasteiger partial charge in [-0.25, -0.2) is 4.98 Å². The lowest BCUT2D eigenvalue weighted by molar-refractivity contribution is 0.579. The van der Waals surface area contributed by atoms with Crippen LogP contribution in [-0.2, 0) is 13.0 Å². The minimum atomic E-state index is 0.131. The van der Waals surface area contributed by atoms with Crippen LogP contribution in [-0.4, -0.2) is 4.98 Å². The summed E-state index contributed by atoms with van der Waals surface area (Å²) >= 11 is 0. The molecule has 20 heavy (non-hydrogen) atoms. The van der Waals surface area contributed by atoms with Crippen LogP contribution in [0.2, 0.25) is 0 Å². The van der Waals surface area contributed by atoms with Crippen molar-refractivity contribution in [3.63, 3.8) is 0 Å². The molecule has 1 aromatic carbocycles. The second-order valence-electron chi connectivity index (χ2n) is 5.13. The Morgan fingerprint density at radius 3 is 3.00 bits per heavy atom. The molecule has 4 heteroatoms. The van der Waals surface area contributed by atoms with E-state index in [-0.39, 0.29) is 6.04 Å². The maximum Gasteiger partial charge on any atom is 0.141 e. The Hall–Kier alpha value is -2.38. The molecule has 0 spiro atoms. The highest BCUT2D eigenvalue weighted by molar-refractivity contribution is 5.58. The Morgan fingerprint density at radius 1 is 1.45 bits per heavy atom. The van der Waals surface area contributed by atoms with Gasteiger partial charge in [-0.05, 0) is 35.6 Å². The zero-order chi connectivity index (χ0) is 14.1. The average Bonchev–Trinajstić information content (AvgIpc) is 2.85. The van der Waals surface area contributed by atoms with Gasteiger partial charge in [0, 0.05) is 18.8 Å². The number of hydrogen-bond acceptors (Lipinski definition) is 4. The van der Waals surface area contributed by atoms with Gasteiger partial charge in [-0.15, -0.1) is 0 Å². The largest absolute Gasteiger partial charge is 0.383 e. The van der Waals surface area contributed by atoms with Crippen LogP contribution >= 0.6 is 0 Å². The third-order valence-electron chi connectivity index (χ3n) is 3.92. The molecule has 0 radical (unpaired) electrons. The molecule has 2 heterocycles. The van der Waals surface area contributed by atoms with Gasteiger partial charge in [0.1, 0.15) is 11.9 Å². The molecule has 100 valence electrons. The molecule has 3 N–H and O–H groups in total. The number of nitrogen functional groups attached to an aromatic ring is 1. The number of benzene rings is 1. The maximum absolute atomic E-state index is 9.32. The zero-order valence-electron chi connectivity index (χ0n) is 11.4. The molecule has 0 fully saturated rings. The minimum absolute atomic E-state index is 0.131. The predicted molar refractivity (Wildman–Crippen MR) is 77.8 cm³/mol. The van der Waals surface area contributed by atoms with Crippen molar-refractivity contribution in [3.8, 4) is 6.07 Å². The first kappa shape index (κ1) is 12.6. The van der Waals surface area contributed by atoms with Gasteiger partial charge >= 0.3 is 0 Å². The lowest BCUT2D eigenvalue weighted by atomic mass is 9.94. The fourth-order valence-corrected chi connectivity index (χ4v) is 2.80. The summed E-state index contributed by atoms with van der Waals surface area (Å²) in [6.45, 7) is 2.85. The number of nitrogens with one attached hydrogen (secondary N) is 1. The van der Waals surface area contributed by atoms with E-state index < -0.39 is 0 Å². The number of fused-ring (bicyclic) bond motifs is 1. The Bertz CT molecular complexity index is 700. The number of anilines is 1. The summed E-state index contributed by atoms with van der Waals surface area (Å²) in [7, 11) is 0. The SMILES string of the molecule is Cc1ccccc1CC1NCc2cnc(N)c(C#N)c21. The summed E-state index contributed by atoms with van der Waals surface area (Å²) in [4.78, 5) is 4.10. The van der Waals surface area contributed by atoms with Gasteiger partial charge in [-0.2, -0.15) is 5.26 Å². The zero-order valence-corrected chi connectivity index (χ0v) is 11.4. The minimum Gasteiger partial charge on any atom is -0.383 e. The number of nitrogens with two attached hydrogens (primary N) is 1. The molecule has 1 aliphatic rings. The molecular formula is C16H16N4. The molecule has 0 bridgehead atoms. The van der Waals surface area contributed by atoms with E-state index in [4.69, 9.17) is 5.73 Å². The van der Waals surface area contributed by atoms with Crippen molar-refractivity contribution in [2.45, 2.75) is 25.9 Å². The van der Waals surface area contributed by atoms with Crippen LogP contribution in [0.4, 0.5) is 5.82 Å². The number of nitriles is 1. The van der Waals surface area contributed by atoms with Crippen LogP contribution in [0.15, 0.2) is 30.5 Å². The number of pyridine rings is 1. The van der Waals surface area contributed by atoms with Crippen molar-refractivity contribution in [3.05, 3.63) is 58.3 Å². The summed E-state index contributed by atoms with van der Waals surface area (Å²) in [5.41, 5.74) is 11.0. The van der Waals surface area contributed by atoms with Crippen molar-refractivity contribution in [1.82, 2.24) is 10.3 Å². The van der Waals surface area contributed by atoms with Gasteiger partial charge in [0.05, 0.1) is 5.56 Å².